The van der Waals surface area contributed by atoms with Crippen molar-refractivity contribution >= 4 is 45.4 Å². The lowest BCUT2D eigenvalue weighted by atomic mass is 9.71. The lowest BCUT2D eigenvalue weighted by Crippen LogP contribution is -2.30. The van der Waals surface area contributed by atoms with Gasteiger partial charge in [0.15, 0.2) is 0 Å². The van der Waals surface area contributed by atoms with E-state index in [-0.39, 0.29) is 17.1 Å². The van der Waals surface area contributed by atoms with Crippen LogP contribution in [-0.2, 0) is 0 Å². The summed E-state index contributed by atoms with van der Waals surface area (Å²) in [5.41, 5.74) is 3.72. The third kappa shape index (κ3) is 1.55. The van der Waals surface area contributed by atoms with E-state index in [1.165, 1.54) is 24.3 Å². The number of hydrogen-bond acceptors (Lipinski definition) is 6. The van der Waals surface area contributed by atoms with Gasteiger partial charge in [0.05, 0.1) is 15.9 Å². The molecular weight excluding hydrogens is 451 g/mol. The molecule has 0 heterocycles. The van der Waals surface area contributed by atoms with Crippen molar-refractivity contribution in [3.8, 4) is 0 Å². The largest absolute Gasteiger partial charge is 0.301 e. The Morgan fingerprint density at radius 1 is 1.04 bits per heavy atom. The second-order valence-electron chi connectivity index (χ2n) is 8.23. The molecule has 7 rings (SSSR count). The Hall–Kier alpha value is -1.78. The molecule has 1 aromatic carbocycles. The number of alkyl halides is 1. The van der Waals surface area contributed by atoms with Crippen LogP contribution in [0.3, 0.4) is 0 Å². The number of hydrazone groups is 1. The fraction of sp³-hybridized carbons (Fsp3) is 0.588. The van der Waals surface area contributed by atoms with Crippen molar-refractivity contribution in [1.82, 2.24) is 0 Å². The second kappa shape index (κ2) is 4.73. The molecule has 0 aliphatic heterocycles. The smallest absolute Gasteiger partial charge is 0.272 e. The first-order valence-electron chi connectivity index (χ1n) is 8.89. The van der Waals surface area contributed by atoms with Gasteiger partial charge in [0, 0.05) is 27.5 Å². The van der Waals surface area contributed by atoms with Gasteiger partial charge in [0.25, 0.3) is 5.69 Å². The summed E-state index contributed by atoms with van der Waals surface area (Å²) >= 11 is 2.65. The number of rotatable bonds is 4. The first-order chi connectivity index (χ1) is 12.5. The van der Waals surface area contributed by atoms with Crippen LogP contribution in [0.4, 0.5) is 17.1 Å². The Kier molecular flexibility index (Phi) is 2.78. The molecule has 134 valence electrons. The van der Waals surface area contributed by atoms with Crippen molar-refractivity contribution in [3.63, 3.8) is 0 Å². The van der Waals surface area contributed by atoms with Crippen LogP contribution in [0.15, 0.2) is 23.3 Å². The lowest BCUT2D eigenvalue weighted by Gasteiger charge is -2.32. The molecule has 6 fully saturated rings. The van der Waals surface area contributed by atoms with Gasteiger partial charge in [-0.25, -0.2) is 0 Å². The van der Waals surface area contributed by atoms with E-state index in [0.29, 0.717) is 11.8 Å². The van der Waals surface area contributed by atoms with Crippen molar-refractivity contribution < 1.29 is 9.85 Å². The van der Waals surface area contributed by atoms with Crippen molar-refractivity contribution in [2.24, 2.45) is 52.4 Å². The van der Waals surface area contributed by atoms with Gasteiger partial charge >= 0.3 is 5.69 Å². The molecule has 8 nitrogen and oxygen atoms in total. The summed E-state index contributed by atoms with van der Waals surface area (Å²) in [5, 5.41) is 26.8. The predicted octanol–water partition coefficient (Wildman–Crippen LogP) is 3.46. The van der Waals surface area contributed by atoms with Crippen LogP contribution in [0, 0.1) is 67.6 Å². The molecule has 6 saturated carbocycles. The molecule has 6 aliphatic rings. The second-order valence-corrected chi connectivity index (χ2v) is 9.67. The monoisotopic (exact) mass is 466 g/mol. The Bertz CT molecular complexity index is 918. The lowest BCUT2D eigenvalue weighted by molar-refractivity contribution is -0.393. The number of halogens is 1. The first kappa shape index (κ1) is 15.3. The summed E-state index contributed by atoms with van der Waals surface area (Å²) in [6.07, 6.45) is 1.34. The minimum atomic E-state index is -0.626. The zero-order valence-corrected chi connectivity index (χ0v) is 15.6. The Labute approximate surface area is 161 Å². The molecule has 6 bridgehead atoms. The van der Waals surface area contributed by atoms with Gasteiger partial charge in [-0.15, -0.1) is 0 Å². The molecule has 1 N–H and O–H groups in total. The summed E-state index contributed by atoms with van der Waals surface area (Å²) in [6.45, 7) is 0. The number of hydrogen-bond donors (Lipinski definition) is 1. The SMILES string of the molecule is O=[N+]([O-])c1ccc(N/N=C2/[C@H]3[C@H]4C[C@@H]5[C@@H]6[C@H](I)[C@H]([C@H]2[C@H]46)[C@@H]53)c([N+](=O)[O-])c1. The van der Waals surface area contributed by atoms with Gasteiger partial charge < -0.3 is 0 Å². The zero-order chi connectivity index (χ0) is 17.9. The number of nitro groups is 2. The Morgan fingerprint density at radius 2 is 1.81 bits per heavy atom. The number of nitro benzene ring substituents is 2. The third-order valence-corrected chi connectivity index (χ3v) is 9.40. The average Bonchev–Trinajstić information content (AvgIpc) is 3.35. The molecule has 0 unspecified atom stereocenters. The van der Waals surface area contributed by atoms with E-state index in [0.717, 1.165) is 45.5 Å². The summed E-state index contributed by atoms with van der Waals surface area (Å²) in [5.74, 6) is 5.89. The van der Waals surface area contributed by atoms with Gasteiger partial charge in [-0.1, -0.05) is 22.6 Å². The highest BCUT2D eigenvalue weighted by molar-refractivity contribution is 14.1. The van der Waals surface area contributed by atoms with E-state index >= 15 is 0 Å². The summed E-state index contributed by atoms with van der Waals surface area (Å²) < 4.78 is 0.758. The molecule has 6 aliphatic carbocycles. The van der Waals surface area contributed by atoms with Crippen molar-refractivity contribution in [1.29, 1.82) is 0 Å². The van der Waals surface area contributed by atoms with Crippen LogP contribution in [0.2, 0.25) is 0 Å². The molecule has 0 radical (unpaired) electrons. The maximum Gasteiger partial charge on any atom is 0.301 e. The summed E-state index contributed by atoms with van der Waals surface area (Å²) in [6, 6.07) is 3.65. The molecule has 0 spiro atoms. The van der Waals surface area contributed by atoms with Crippen LogP contribution < -0.4 is 5.43 Å². The van der Waals surface area contributed by atoms with Crippen molar-refractivity contribution in [3.05, 3.63) is 38.4 Å². The number of nitrogens with one attached hydrogen (secondary N) is 1. The summed E-state index contributed by atoms with van der Waals surface area (Å²) in [4.78, 5) is 20.9. The van der Waals surface area contributed by atoms with Crippen LogP contribution in [0.5, 0.6) is 0 Å². The van der Waals surface area contributed by atoms with E-state index in [2.05, 4.69) is 33.1 Å². The van der Waals surface area contributed by atoms with Gasteiger partial charge in [-0.2, -0.15) is 5.10 Å². The van der Waals surface area contributed by atoms with Crippen LogP contribution >= 0.6 is 22.6 Å². The molecule has 1 aromatic rings. The van der Waals surface area contributed by atoms with Crippen LogP contribution in [0.1, 0.15) is 6.42 Å². The molecular formula is C17H15IN4O4. The third-order valence-electron chi connectivity index (χ3n) is 7.73. The fourth-order valence-corrected chi connectivity index (χ4v) is 9.32. The minimum Gasteiger partial charge on any atom is -0.272 e. The van der Waals surface area contributed by atoms with E-state index in [4.69, 9.17) is 0 Å². The molecule has 0 saturated heterocycles. The van der Waals surface area contributed by atoms with Crippen molar-refractivity contribution in [2.45, 2.75) is 10.3 Å². The van der Waals surface area contributed by atoms with Gasteiger partial charge in [-0.05, 0) is 48.0 Å². The maximum atomic E-state index is 11.3. The first-order valence-corrected chi connectivity index (χ1v) is 10.1. The molecule has 9 heteroatoms. The topological polar surface area (TPSA) is 111 Å². The quantitative estimate of drug-likeness (QED) is 0.316. The zero-order valence-electron chi connectivity index (χ0n) is 13.5. The van der Waals surface area contributed by atoms with E-state index < -0.39 is 9.85 Å². The molecule has 0 amide bonds. The highest BCUT2D eigenvalue weighted by Gasteiger charge is 2.82. The van der Waals surface area contributed by atoms with Crippen LogP contribution in [-0.4, -0.2) is 19.5 Å². The predicted molar refractivity (Wildman–Crippen MR) is 101 cm³/mol. The number of benzene rings is 1. The standard InChI is InChI=1S/C17H15IN4O4/c18-16-12-6-4-7-10(12)15-14(16)11(6)13(7)17(15)20-19-8-2-1-5(21(23)24)3-9(8)22(25)26/h1-3,6-7,10-16,19H,4H2/b20-17-/t6-,7-,10+,11-,12-,13-,14-,15+,16-/m0/s1. The average molecular weight is 466 g/mol. The maximum absolute atomic E-state index is 11.3. The van der Waals surface area contributed by atoms with Gasteiger partial charge in [0.1, 0.15) is 5.69 Å². The van der Waals surface area contributed by atoms with E-state index in [1.807, 2.05) is 0 Å². The normalized spacial score (nSPS) is 46.8. The number of anilines is 1. The Morgan fingerprint density at radius 3 is 2.50 bits per heavy atom. The number of nitrogens with zero attached hydrogens (tertiary/aromatic N) is 3. The summed E-state index contributed by atoms with van der Waals surface area (Å²) in [7, 11) is 0. The van der Waals surface area contributed by atoms with E-state index in [9.17, 15) is 20.2 Å². The van der Waals surface area contributed by atoms with Gasteiger partial charge in [-0.3, -0.25) is 25.7 Å². The molecule has 0 aromatic heterocycles. The number of non-ortho nitro benzene ring substituents is 1. The van der Waals surface area contributed by atoms with E-state index in [1.54, 1.807) is 0 Å². The van der Waals surface area contributed by atoms with Crippen LogP contribution in [0.25, 0.3) is 0 Å². The fourth-order valence-electron chi connectivity index (χ4n) is 7.38. The molecule has 9 atom stereocenters. The highest BCUT2D eigenvalue weighted by atomic mass is 127. The Balaban J connectivity index is 1.35. The van der Waals surface area contributed by atoms with Gasteiger partial charge in [0.2, 0.25) is 0 Å². The highest BCUT2D eigenvalue weighted by Crippen LogP contribution is 2.82. The molecule has 26 heavy (non-hydrogen) atoms. The minimum absolute atomic E-state index is 0.220. The van der Waals surface area contributed by atoms with Crippen molar-refractivity contribution in [2.75, 3.05) is 5.43 Å².